The summed E-state index contributed by atoms with van der Waals surface area (Å²) in [7, 11) is 0. The molecule has 0 fully saturated rings. The first-order valence-electron chi connectivity index (χ1n) is 5.11. The molecule has 0 amide bonds. The van der Waals surface area contributed by atoms with Gasteiger partial charge in [0.05, 0.1) is 4.47 Å². The largest absolute Gasteiger partial charge is 0.436 e. The summed E-state index contributed by atoms with van der Waals surface area (Å²) in [5.74, 6) is 0.641. The molecule has 4 nitrogen and oxygen atoms in total. The van der Waals surface area contributed by atoms with Crippen LogP contribution in [0.3, 0.4) is 0 Å². The second-order valence-electron chi connectivity index (χ2n) is 3.57. The van der Waals surface area contributed by atoms with Crippen LogP contribution in [0.1, 0.15) is 5.56 Å². The number of pyridine rings is 1. The molecule has 0 saturated carbocycles. The quantitative estimate of drug-likeness (QED) is 0.590. The number of benzene rings is 1. The topological polar surface area (TPSA) is 72.0 Å². The fourth-order valence-electron chi connectivity index (χ4n) is 1.37. The molecule has 0 aliphatic heterocycles. The third-order valence-electron chi connectivity index (χ3n) is 2.25. The standard InChI is InChI=1S/C12H8Br2ClN3O/c13-6-1-2-9(8(14)5-6)19-12-10(15)7(11(16)17)3-4-18-12/h1-5H,(H3,16,17). The summed E-state index contributed by atoms with van der Waals surface area (Å²) >= 11 is 12.8. The number of aromatic nitrogens is 1. The Morgan fingerprint density at radius 3 is 2.68 bits per heavy atom. The minimum absolute atomic E-state index is 0.132. The highest BCUT2D eigenvalue weighted by Gasteiger charge is 2.13. The van der Waals surface area contributed by atoms with Crippen LogP contribution < -0.4 is 10.5 Å². The van der Waals surface area contributed by atoms with Crippen LogP contribution in [0.15, 0.2) is 39.4 Å². The van der Waals surface area contributed by atoms with E-state index in [2.05, 4.69) is 36.8 Å². The lowest BCUT2D eigenvalue weighted by atomic mass is 10.2. The number of halogens is 3. The Hall–Kier alpha value is -1.11. The minimum atomic E-state index is -0.132. The molecule has 0 unspecified atom stereocenters. The number of amidine groups is 1. The van der Waals surface area contributed by atoms with Gasteiger partial charge in [-0.1, -0.05) is 27.5 Å². The summed E-state index contributed by atoms with van der Waals surface area (Å²) in [5, 5.41) is 7.63. The highest BCUT2D eigenvalue weighted by atomic mass is 79.9. The molecule has 0 bridgehead atoms. The van der Waals surface area contributed by atoms with E-state index in [1.807, 2.05) is 12.1 Å². The van der Waals surface area contributed by atoms with Crippen LogP contribution in [0.4, 0.5) is 0 Å². The maximum absolute atomic E-state index is 7.42. The van der Waals surface area contributed by atoms with Gasteiger partial charge in [0, 0.05) is 16.2 Å². The number of nitrogens with two attached hydrogens (primary N) is 1. The Labute approximate surface area is 131 Å². The molecule has 2 rings (SSSR count). The molecule has 0 atom stereocenters. The first-order valence-corrected chi connectivity index (χ1v) is 7.07. The van der Waals surface area contributed by atoms with Crippen molar-refractivity contribution >= 4 is 49.3 Å². The van der Waals surface area contributed by atoms with Crippen molar-refractivity contribution in [1.82, 2.24) is 4.98 Å². The molecular weight excluding hydrogens is 397 g/mol. The van der Waals surface area contributed by atoms with Gasteiger partial charge in [0.25, 0.3) is 0 Å². The molecule has 2 aromatic rings. The van der Waals surface area contributed by atoms with Crippen LogP contribution in [-0.2, 0) is 0 Å². The Balaban J connectivity index is 2.38. The Bertz CT molecular complexity index is 649. The first-order chi connectivity index (χ1) is 8.99. The average molecular weight is 405 g/mol. The second-order valence-corrected chi connectivity index (χ2v) is 5.72. The van der Waals surface area contributed by atoms with Crippen LogP contribution in [0.5, 0.6) is 11.6 Å². The van der Waals surface area contributed by atoms with Crippen molar-refractivity contribution in [2.24, 2.45) is 5.73 Å². The highest BCUT2D eigenvalue weighted by molar-refractivity contribution is 9.11. The predicted molar refractivity (Wildman–Crippen MR) is 82.2 cm³/mol. The van der Waals surface area contributed by atoms with Gasteiger partial charge in [0.2, 0.25) is 5.88 Å². The molecule has 0 spiro atoms. The molecule has 1 aromatic heterocycles. The van der Waals surface area contributed by atoms with Crippen molar-refractivity contribution in [3.05, 3.63) is 50.0 Å². The van der Waals surface area contributed by atoms with E-state index in [-0.39, 0.29) is 16.7 Å². The normalized spacial score (nSPS) is 10.3. The van der Waals surface area contributed by atoms with Gasteiger partial charge in [0.1, 0.15) is 16.6 Å². The predicted octanol–water partition coefficient (Wildman–Crippen LogP) is 4.34. The lowest BCUT2D eigenvalue weighted by molar-refractivity contribution is 0.460. The minimum Gasteiger partial charge on any atom is -0.436 e. The van der Waals surface area contributed by atoms with Crippen LogP contribution in [0.2, 0.25) is 5.02 Å². The summed E-state index contributed by atoms with van der Waals surface area (Å²) in [6.07, 6.45) is 1.49. The number of hydrogen-bond acceptors (Lipinski definition) is 3. The number of rotatable bonds is 3. The number of nitrogens with zero attached hydrogens (tertiary/aromatic N) is 1. The third kappa shape index (κ3) is 3.26. The third-order valence-corrected chi connectivity index (χ3v) is 3.73. The van der Waals surface area contributed by atoms with Crippen LogP contribution in [-0.4, -0.2) is 10.8 Å². The maximum Gasteiger partial charge on any atom is 0.238 e. The van der Waals surface area contributed by atoms with E-state index in [1.54, 1.807) is 12.1 Å². The molecule has 0 aliphatic rings. The molecule has 98 valence electrons. The molecule has 0 aliphatic carbocycles. The first kappa shape index (κ1) is 14.3. The van der Waals surface area contributed by atoms with Crippen molar-refractivity contribution in [2.45, 2.75) is 0 Å². The summed E-state index contributed by atoms with van der Waals surface area (Å²) in [4.78, 5) is 4.04. The number of nitrogen functional groups attached to an aromatic ring is 1. The number of nitrogens with one attached hydrogen (secondary N) is 1. The molecule has 1 heterocycles. The maximum atomic E-state index is 7.42. The molecule has 0 saturated heterocycles. The molecule has 1 aromatic carbocycles. The molecule has 7 heteroatoms. The van der Waals surface area contributed by atoms with Gasteiger partial charge in [-0.25, -0.2) is 4.98 Å². The fourth-order valence-corrected chi connectivity index (χ4v) is 2.75. The lowest BCUT2D eigenvalue weighted by Crippen LogP contribution is -2.12. The summed E-state index contributed by atoms with van der Waals surface area (Å²) < 4.78 is 7.30. The van der Waals surface area contributed by atoms with Crippen LogP contribution >= 0.6 is 43.5 Å². The van der Waals surface area contributed by atoms with Gasteiger partial charge in [-0.15, -0.1) is 0 Å². The highest BCUT2D eigenvalue weighted by Crippen LogP contribution is 2.34. The molecular formula is C12H8Br2ClN3O. The molecule has 0 radical (unpaired) electrons. The van der Waals surface area contributed by atoms with Gasteiger partial charge in [-0.2, -0.15) is 0 Å². The summed E-state index contributed by atoms with van der Waals surface area (Å²) in [6.45, 7) is 0. The zero-order chi connectivity index (χ0) is 14.0. The zero-order valence-electron chi connectivity index (χ0n) is 9.45. The van der Waals surface area contributed by atoms with Gasteiger partial charge in [-0.05, 0) is 40.2 Å². The van der Waals surface area contributed by atoms with Gasteiger partial charge >= 0.3 is 0 Å². The monoisotopic (exact) mass is 403 g/mol. The van der Waals surface area contributed by atoms with E-state index >= 15 is 0 Å². The molecule has 19 heavy (non-hydrogen) atoms. The van der Waals surface area contributed by atoms with Crippen LogP contribution in [0.25, 0.3) is 0 Å². The van der Waals surface area contributed by atoms with E-state index in [0.717, 1.165) is 8.95 Å². The van der Waals surface area contributed by atoms with Gasteiger partial charge in [-0.3, -0.25) is 5.41 Å². The van der Waals surface area contributed by atoms with E-state index < -0.39 is 0 Å². The smallest absolute Gasteiger partial charge is 0.238 e. The Morgan fingerprint density at radius 1 is 1.32 bits per heavy atom. The Kier molecular flexibility index (Phi) is 4.44. The van der Waals surface area contributed by atoms with Gasteiger partial charge in [0.15, 0.2) is 0 Å². The van der Waals surface area contributed by atoms with Crippen LogP contribution in [0, 0.1) is 5.41 Å². The summed E-state index contributed by atoms with van der Waals surface area (Å²) in [6, 6.07) is 7.02. The SMILES string of the molecule is N=C(N)c1ccnc(Oc2ccc(Br)cc2Br)c1Cl. The van der Waals surface area contributed by atoms with Crippen molar-refractivity contribution in [3.63, 3.8) is 0 Å². The van der Waals surface area contributed by atoms with Crippen molar-refractivity contribution < 1.29 is 4.74 Å². The fraction of sp³-hybridized carbons (Fsp3) is 0. The average Bonchev–Trinajstić information content (AvgIpc) is 2.34. The number of ether oxygens (including phenoxy) is 1. The van der Waals surface area contributed by atoms with Crippen molar-refractivity contribution in [3.8, 4) is 11.6 Å². The second kappa shape index (κ2) is 5.90. The van der Waals surface area contributed by atoms with E-state index in [1.165, 1.54) is 6.20 Å². The Morgan fingerprint density at radius 2 is 2.05 bits per heavy atom. The van der Waals surface area contributed by atoms with E-state index in [9.17, 15) is 0 Å². The zero-order valence-corrected chi connectivity index (χ0v) is 13.4. The summed E-state index contributed by atoms with van der Waals surface area (Å²) in [5.41, 5.74) is 5.82. The van der Waals surface area contributed by atoms with Crippen molar-refractivity contribution in [2.75, 3.05) is 0 Å². The van der Waals surface area contributed by atoms with Crippen molar-refractivity contribution in [1.29, 1.82) is 5.41 Å². The lowest BCUT2D eigenvalue weighted by Gasteiger charge is -2.10. The molecule has 3 N–H and O–H groups in total. The van der Waals surface area contributed by atoms with E-state index in [4.69, 9.17) is 27.5 Å². The number of hydrogen-bond donors (Lipinski definition) is 2. The van der Waals surface area contributed by atoms with E-state index in [0.29, 0.717) is 11.3 Å². The van der Waals surface area contributed by atoms with Gasteiger partial charge < -0.3 is 10.5 Å².